The van der Waals surface area contributed by atoms with Crippen LogP contribution in [0.25, 0.3) is 0 Å². The molecule has 1 N–H and O–H groups in total. The smallest absolute Gasteiger partial charge is 0.235 e. The minimum absolute atomic E-state index is 0.0415. The molecule has 3 atom stereocenters. The Balaban J connectivity index is 3.10. The van der Waals surface area contributed by atoms with E-state index in [4.69, 9.17) is 0 Å². The van der Waals surface area contributed by atoms with Crippen molar-refractivity contribution >= 4 is 0 Å². The number of benzene rings is 1. The molecule has 116 valence electrons. The van der Waals surface area contributed by atoms with Gasteiger partial charge in [-0.05, 0) is 12.0 Å². The van der Waals surface area contributed by atoms with Crippen LogP contribution in [0, 0.1) is 20.2 Å². The maximum absolute atomic E-state index is 11.3. The van der Waals surface area contributed by atoms with Gasteiger partial charge in [-0.3, -0.25) is 20.2 Å². The molecule has 0 aliphatic rings. The van der Waals surface area contributed by atoms with E-state index in [0.29, 0.717) is 5.56 Å². The fourth-order valence-electron chi connectivity index (χ4n) is 2.22. The van der Waals surface area contributed by atoms with Crippen molar-refractivity contribution in [2.75, 3.05) is 0 Å². The molecule has 1 aromatic rings. The highest BCUT2D eigenvalue weighted by atomic mass is 16.6. The van der Waals surface area contributed by atoms with Crippen molar-refractivity contribution in [1.29, 1.82) is 0 Å². The molecule has 1 rings (SSSR count). The van der Waals surface area contributed by atoms with Crippen LogP contribution in [-0.4, -0.2) is 32.6 Å². The van der Waals surface area contributed by atoms with Crippen molar-refractivity contribution < 1.29 is 15.0 Å². The molecule has 0 amide bonds. The Hall–Kier alpha value is -2.02. The Kier molecular flexibility index (Phi) is 5.37. The van der Waals surface area contributed by atoms with E-state index >= 15 is 0 Å². The topological polar surface area (TPSA) is 107 Å². The van der Waals surface area contributed by atoms with E-state index in [0.717, 1.165) is 0 Å². The number of aliphatic hydroxyl groups is 1. The average Bonchev–Trinajstić information content (AvgIpc) is 2.43. The molecule has 0 saturated heterocycles. The van der Waals surface area contributed by atoms with Crippen LogP contribution >= 0.6 is 0 Å². The molecular weight excluding hydrogens is 276 g/mol. The van der Waals surface area contributed by atoms with Gasteiger partial charge in [0, 0.05) is 30.6 Å². The van der Waals surface area contributed by atoms with E-state index in [1.165, 1.54) is 20.8 Å². The minimum Gasteiger partial charge on any atom is -0.386 e. The van der Waals surface area contributed by atoms with Crippen LogP contribution < -0.4 is 0 Å². The zero-order valence-corrected chi connectivity index (χ0v) is 12.3. The lowest BCUT2D eigenvalue weighted by molar-refractivity contribution is -0.567. The molecular formula is C14H20N2O5. The second-order valence-corrected chi connectivity index (χ2v) is 5.70. The van der Waals surface area contributed by atoms with Crippen LogP contribution in [0.1, 0.15) is 38.7 Å². The van der Waals surface area contributed by atoms with Crippen molar-refractivity contribution in [3.8, 4) is 0 Å². The fraction of sp³-hybridized carbons (Fsp3) is 0.571. The number of hydrogen-bond donors (Lipinski definition) is 1. The first kappa shape index (κ1) is 17.0. The van der Waals surface area contributed by atoms with E-state index in [-0.39, 0.29) is 6.42 Å². The second-order valence-electron chi connectivity index (χ2n) is 5.70. The molecule has 0 spiro atoms. The van der Waals surface area contributed by atoms with E-state index in [1.807, 2.05) is 0 Å². The molecule has 0 bridgehead atoms. The van der Waals surface area contributed by atoms with E-state index in [9.17, 15) is 25.3 Å². The molecule has 21 heavy (non-hydrogen) atoms. The molecule has 7 nitrogen and oxygen atoms in total. The summed E-state index contributed by atoms with van der Waals surface area (Å²) in [5.74, 6) is -0.619. The minimum atomic E-state index is -1.33. The van der Waals surface area contributed by atoms with Crippen molar-refractivity contribution in [2.45, 2.75) is 50.8 Å². The first-order chi connectivity index (χ1) is 9.67. The lowest BCUT2D eigenvalue weighted by Crippen LogP contribution is -2.42. The molecule has 7 heteroatoms. The quantitative estimate of drug-likeness (QED) is 0.613. The van der Waals surface area contributed by atoms with Gasteiger partial charge in [-0.15, -0.1) is 0 Å². The van der Waals surface area contributed by atoms with Gasteiger partial charge in [0.1, 0.15) is 6.10 Å². The summed E-state index contributed by atoms with van der Waals surface area (Å²) in [7, 11) is 0. The largest absolute Gasteiger partial charge is 0.386 e. The van der Waals surface area contributed by atoms with Crippen LogP contribution in [0.4, 0.5) is 0 Å². The second kappa shape index (κ2) is 6.62. The van der Waals surface area contributed by atoms with Crippen molar-refractivity contribution in [3.05, 3.63) is 56.1 Å². The van der Waals surface area contributed by atoms with Crippen LogP contribution in [0.3, 0.4) is 0 Å². The van der Waals surface area contributed by atoms with E-state index < -0.39 is 33.4 Å². The Labute approximate surface area is 122 Å². The van der Waals surface area contributed by atoms with E-state index in [1.54, 1.807) is 30.3 Å². The van der Waals surface area contributed by atoms with Gasteiger partial charge in [0.05, 0.1) is 5.92 Å². The van der Waals surface area contributed by atoms with Gasteiger partial charge in [0.25, 0.3) is 0 Å². The third-order valence-corrected chi connectivity index (χ3v) is 3.89. The Morgan fingerprint density at radius 2 is 1.71 bits per heavy atom. The highest BCUT2D eigenvalue weighted by Gasteiger charge is 2.44. The van der Waals surface area contributed by atoms with Crippen molar-refractivity contribution in [1.82, 2.24) is 0 Å². The molecule has 1 aromatic carbocycles. The fourth-order valence-corrected chi connectivity index (χ4v) is 2.22. The van der Waals surface area contributed by atoms with Gasteiger partial charge in [-0.25, -0.2) is 0 Å². The summed E-state index contributed by atoms with van der Waals surface area (Å²) >= 11 is 0. The van der Waals surface area contributed by atoms with Crippen LogP contribution in [-0.2, 0) is 0 Å². The summed E-state index contributed by atoms with van der Waals surface area (Å²) in [5, 5.41) is 32.1. The predicted octanol–water partition coefficient (Wildman–Crippen LogP) is 2.24. The molecule has 2 unspecified atom stereocenters. The molecule has 0 radical (unpaired) electrons. The first-order valence-corrected chi connectivity index (χ1v) is 6.69. The van der Waals surface area contributed by atoms with Crippen molar-refractivity contribution in [3.63, 3.8) is 0 Å². The number of hydrogen-bond acceptors (Lipinski definition) is 5. The van der Waals surface area contributed by atoms with Gasteiger partial charge in [0.2, 0.25) is 11.6 Å². The van der Waals surface area contributed by atoms with E-state index in [2.05, 4.69) is 0 Å². The number of rotatable bonds is 7. The van der Waals surface area contributed by atoms with Gasteiger partial charge >= 0.3 is 0 Å². The lowest BCUT2D eigenvalue weighted by atomic mass is 9.78. The predicted molar refractivity (Wildman–Crippen MR) is 77.3 cm³/mol. The normalized spacial score (nSPS) is 16.0. The summed E-state index contributed by atoms with van der Waals surface area (Å²) in [5.41, 5.74) is -0.646. The monoisotopic (exact) mass is 296 g/mol. The first-order valence-electron chi connectivity index (χ1n) is 6.69. The van der Waals surface area contributed by atoms with Gasteiger partial charge in [-0.2, -0.15) is 0 Å². The number of nitrogens with zero attached hydrogens (tertiary/aromatic N) is 2. The zero-order chi connectivity index (χ0) is 16.2. The molecule has 0 fully saturated rings. The summed E-state index contributed by atoms with van der Waals surface area (Å²) < 4.78 is 0. The van der Waals surface area contributed by atoms with Crippen molar-refractivity contribution in [2.24, 2.45) is 0 Å². The SMILES string of the molecule is C[C@@H](C(O)CC(c1ccccc1)C(C)(C)[N+](=O)[O-])[N+](=O)[O-]. The Bertz CT molecular complexity index is 503. The number of aliphatic hydroxyl groups excluding tert-OH is 1. The standard InChI is InChI=1S/C14H20N2O5/c1-10(15(18)19)13(17)9-12(14(2,3)16(20)21)11-7-5-4-6-8-11/h4-8,10,12-13,17H,9H2,1-3H3/t10-,12?,13?/m0/s1. The third-order valence-electron chi connectivity index (χ3n) is 3.89. The van der Waals surface area contributed by atoms with Gasteiger partial charge in [0.15, 0.2) is 0 Å². The van der Waals surface area contributed by atoms with Gasteiger partial charge in [-0.1, -0.05) is 30.3 Å². The third kappa shape index (κ3) is 3.98. The molecule has 0 heterocycles. The lowest BCUT2D eigenvalue weighted by Gasteiger charge is -2.29. The maximum Gasteiger partial charge on any atom is 0.235 e. The molecule has 0 aliphatic heterocycles. The summed E-state index contributed by atoms with van der Waals surface area (Å²) in [6, 6.07) is 7.59. The summed E-state index contributed by atoms with van der Waals surface area (Å²) in [4.78, 5) is 21.1. The van der Waals surface area contributed by atoms with Gasteiger partial charge < -0.3 is 5.11 Å². The highest BCUT2D eigenvalue weighted by molar-refractivity contribution is 5.22. The van der Waals surface area contributed by atoms with Crippen LogP contribution in [0.15, 0.2) is 30.3 Å². The molecule has 0 saturated carbocycles. The maximum atomic E-state index is 11.3. The summed E-state index contributed by atoms with van der Waals surface area (Å²) in [6.45, 7) is 4.23. The molecule has 0 aliphatic carbocycles. The average molecular weight is 296 g/mol. The van der Waals surface area contributed by atoms with Crippen LogP contribution in [0.2, 0.25) is 0 Å². The Morgan fingerprint density at radius 1 is 1.19 bits per heavy atom. The zero-order valence-electron chi connectivity index (χ0n) is 12.3. The highest BCUT2D eigenvalue weighted by Crippen LogP contribution is 2.35. The van der Waals surface area contributed by atoms with Crippen LogP contribution in [0.5, 0.6) is 0 Å². The Morgan fingerprint density at radius 3 is 2.14 bits per heavy atom. The number of nitro groups is 2. The molecule has 0 aromatic heterocycles. The summed E-state index contributed by atoms with van der Waals surface area (Å²) in [6.07, 6.45) is -1.29.